The molecule has 1 aromatic heterocycles. The molecular weight excluding hydrogens is 252 g/mol. The van der Waals surface area contributed by atoms with Crippen LogP contribution in [0.25, 0.3) is 0 Å². The topological polar surface area (TPSA) is 62.2 Å². The number of benzene rings is 1. The van der Waals surface area contributed by atoms with Gasteiger partial charge < -0.3 is 10.4 Å². The first kappa shape index (κ1) is 14.1. The van der Waals surface area contributed by atoms with Crippen molar-refractivity contribution in [1.82, 2.24) is 4.98 Å². The molecule has 0 radical (unpaired) electrons. The van der Waals surface area contributed by atoms with E-state index in [1.54, 1.807) is 0 Å². The number of hydrogen-bond donors (Lipinski definition) is 2. The minimum atomic E-state index is -0.274. The zero-order valence-electron chi connectivity index (χ0n) is 11.8. The van der Waals surface area contributed by atoms with E-state index in [1.807, 2.05) is 25.1 Å². The molecule has 0 aliphatic rings. The van der Waals surface area contributed by atoms with E-state index >= 15 is 0 Å². The number of aromatic nitrogens is 1. The highest BCUT2D eigenvalue weighted by Gasteiger charge is 2.13. The van der Waals surface area contributed by atoms with Gasteiger partial charge in [0.05, 0.1) is 11.8 Å². The van der Waals surface area contributed by atoms with Gasteiger partial charge in [0.2, 0.25) is 0 Å². The van der Waals surface area contributed by atoms with Crippen molar-refractivity contribution in [2.24, 2.45) is 0 Å². The largest absolute Gasteiger partial charge is 0.506 e. The molecule has 0 saturated heterocycles. The maximum absolute atomic E-state index is 12.2. The SMILES string of the molecule is Cc1cccc(C(C)C)c1NC(=O)c1cncc(O)c1. The molecule has 0 saturated carbocycles. The highest BCUT2D eigenvalue weighted by atomic mass is 16.3. The third kappa shape index (κ3) is 2.96. The Morgan fingerprint density at radius 2 is 2.05 bits per heavy atom. The molecule has 4 nitrogen and oxygen atoms in total. The second-order valence-electron chi connectivity index (χ2n) is 5.08. The van der Waals surface area contributed by atoms with E-state index in [0.29, 0.717) is 11.5 Å². The summed E-state index contributed by atoms with van der Waals surface area (Å²) in [7, 11) is 0. The molecule has 0 atom stereocenters. The van der Waals surface area contributed by atoms with Gasteiger partial charge in [0, 0.05) is 11.9 Å². The van der Waals surface area contributed by atoms with Gasteiger partial charge in [-0.25, -0.2) is 0 Å². The Kier molecular flexibility index (Phi) is 4.03. The van der Waals surface area contributed by atoms with Crippen molar-refractivity contribution in [3.8, 4) is 5.75 Å². The van der Waals surface area contributed by atoms with Crippen LogP contribution in [0, 0.1) is 6.92 Å². The number of carbonyl (C=O) groups excluding carboxylic acids is 1. The summed E-state index contributed by atoms with van der Waals surface area (Å²) < 4.78 is 0. The number of aromatic hydroxyl groups is 1. The summed E-state index contributed by atoms with van der Waals surface area (Å²) in [6, 6.07) is 7.35. The zero-order valence-corrected chi connectivity index (χ0v) is 11.8. The van der Waals surface area contributed by atoms with Gasteiger partial charge in [0.25, 0.3) is 5.91 Å². The standard InChI is InChI=1S/C16H18N2O2/c1-10(2)14-6-4-5-11(3)15(14)18-16(20)12-7-13(19)9-17-8-12/h4-10,19H,1-3H3,(H,18,20). The lowest BCUT2D eigenvalue weighted by molar-refractivity contribution is 0.102. The number of carbonyl (C=O) groups is 1. The monoisotopic (exact) mass is 270 g/mol. The summed E-state index contributed by atoms with van der Waals surface area (Å²) in [6.45, 7) is 6.13. The van der Waals surface area contributed by atoms with Crippen LogP contribution in [0.3, 0.4) is 0 Å². The van der Waals surface area contributed by atoms with Crippen molar-refractivity contribution in [2.75, 3.05) is 5.32 Å². The number of anilines is 1. The van der Waals surface area contributed by atoms with Crippen LogP contribution in [0.1, 0.15) is 41.3 Å². The summed E-state index contributed by atoms with van der Waals surface area (Å²) in [4.78, 5) is 16.0. The van der Waals surface area contributed by atoms with Gasteiger partial charge in [-0.2, -0.15) is 0 Å². The number of rotatable bonds is 3. The first-order valence-corrected chi connectivity index (χ1v) is 6.54. The van der Waals surface area contributed by atoms with E-state index in [4.69, 9.17) is 0 Å². The zero-order chi connectivity index (χ0) is 14.7. The van der Waals surface area contributed by atoms with Gasteiger partial charge in [0.15, 0.2) is 0 Å². The smallest absolute Gasteiger partial charge is 0.257 e. The van der Waals surface area contributed by atoms with Crippen LogP contribution in [0.4, 0.5) is 5.69 Å². The molecule has 0 bridgehead atoms. The molecule has 0 unspecified atom stereocenters. The molecule has 4 heteroatoms. The number of nitrogens with zero attached hydrogens (tertiary/aromatic N) is 1. The van der Waals surface area contributed by atoms with Gasteiger partial charge in [0.1, 0.15) is 5.75 Å². The summed E-state index contributed by atoms with van der Waals surface area (Å²) in [5.74, 6) is 0.0172. The van der Waals surface area contributed by atoms with Crippen molar-refractivity contribution < 1.29 is 9.90 Å². The van der Waals surface area contributed by atoms with Crippen LogP contribution >= 0.6 is 0 Å². The molecule has 104 valence electrons. The number of nitrogens with one attached hydrogen (secondary N) is 1. The van der Waals surface area contributed by atoms with Crippen molar-refractivity contribution in [3.63, 3.8) is 0 Å². The van der Waals surface area contributed by atoms with Crippen molar-refractivity contribution in [1.29, 1.82) is 0 Å². The maximum atomic E-state index is 12.2. The Morgan fingerprint density at radius 3 is 2.70 bits per heavy atom. The number of amides is 1. The maximum Gasteiger partial charge on any atom is 0.257 e. The Hall–Kier alpha value is -2.36. The van der Waals surface area contributed by atoms with E-state index in [9.17, 15) is 9.90 Å². The molecule has 20 heavy (non-hydrogen) atoms. The Morgan fingerprint density at radius 1 is 1.30 bits per heavy atom. The molecule has 0 spiro atoms. The molecular formula is C16H18N2O2. The second kappa shape index (κ2) is 5.74. The van der Waals surface area contributed by atoms with Crippen LogP contribution in [0.15, 0.2) is 36.7 Å². The Balaban J connectivity index is 2.33. The van der Waals surface area contributed by atoms with Gasteiger partial charge in [-0.1, -0.05) is 32.0 Å². The van der Waals surface area contributed by atoms with Gasteiger partial charge in [-0.05, 0) is 30.0 Å². The Bertz CT molecular complexity index is 636. The second-order valence-corrected chi connectivity index (χ2v) is 5.08. The first-order valence-electron chi connectivity index (χ1n) is 6.54. The normalized spacial score (nSPS) is 10.6. The van der Waals surface area contributed by atoms with Crippen molar-refractivity contribution >= 4 is 11.6 Å². The minimum absolute atomic E-state index is 0.0217. The fraction of sp³-hybridized carbons (Fsp3) is 0.250. The van der Waals surface area contributed by atoms with Crippen LogP contribution < -0.4 is 5.32 Å². The van der Waals surface area contributed by atoms with Gasteiger partial charge >= 0.3 is 0 Å². The number of para-hydroxylation sites is 1. The third-order valence-corrected chi connectivity index (χ3v) is 3.15. The van der Waals surface area contributed by atoms with E-state index in [1.165, 1.54) is 18.5 Å². The fourth-order valence-corrected chi connectivity index (χ4v) is 2.08. The molecule has 0 aliphatic carbocycles. The van der Waals surface area contributed by atoms with E-state index in [2.05, 4.69) is 24.1 Å². The quantitative estimate of drug-likeness (QED) is 0.897. The molecule has 2 aromatic rings. The van der Waals surface area contributed by atoms with Crippen molar-refractivity contribution in [2.45, 2.75) is 26.7 Å². The molecule has 1 amide bonds. The van der Waals surface area contributed by atoms with Crippen molar-refractivity contribution in [3.05, 3.63) is 53.3 Å². The molecule has 1 aromatic carbocycles. The molecule has 2 rings (SSSR count). The fourth-order valence-electron chi connectivity index (χ4n) is 2.08. The van der Waals surface area contributed by atoms with E-state index < -0.39 is 0 Å². The van der Waals surface area contributed by atoms with Crippen LogP contribution in [0.2, 0.25) is 0 Å². The molecule has 2 N–H and O–H groups in total. The number of hydrogen-bond acceptors (Lipinski definition) is 3. The summed E-state index contributed by atoms with van der Waals surface area (Å²) in [5, 5.41) is 12.3. The molecule has 1 heterocycles. The lowest BCUT2D eigenvalue weighted by Gasteiger charge is -2.16. The number of pyridine rings is 1. The average Bonchev–Trinajstić information content (AvgIpc) is 2.40. The highest BCUT2D eigenvalue weighted by molar-refractivity contribution is 6.05. The Labute approximate surface area is 118 Å². The summed E-state index contributed by atoms with van der Waals surface area (Å²) in [5.41, 5.74) is 3.27. The predicted molar refractivity (Wildman–Crippen MR) is 79.1 cm³/mol. The summed E-state index contributed by atoms with van der Waals surface area (Å²) in [6.07, 6.45) is 2.73. The third-order valence-electron chi connectivity index (χ3n) is 3.15. The summed E-state index contributed by atoms with van der Waals surface area (Å²) >= 11 is 0. The first-order chi connectivity index (χ1) is 9.49. The van der Waals surface area contributed by atoms with Crippen LogP contribution in [-0.2, 0) is 0 Å². The van der Waals surface area contributed by atoms with E-state index in [-0.39, 0.29) is 11.7 Å². The molecule has 0 fully saturated rings. The number of aryl methyl sites for hydroxylation is 1. The average molecular weight is 270 g/mol. The van der Waals surface area contributed by atoms with Crippen LogP contribution in [-0.4, -0.2) is 16.0 Å². The highest BCUT2D eigenvalue weighted by Crippen LogP contribution is 2.27. The molecule has 0 aliphatic heterocycles. The minimum Gasteiger partial charge on any atom is -0.506 e. The lowest BCUT2D eigenvalue weighted by Crippen LogP contribution is -2.15. The van der Waals surface area contributed by atoms with Gasteiger partial charge in [-0.15, -0.1) is 0 Å². The van der Waals surface area contributed by atoms with E-state index in [0.717, 1.165) is 16.8 Å². The van der Waals surface area contributed by atoms with Crippen LogP contribution in [0.5, 0.6) is 5.75 Å². The lowest BCUT2D eigenvalue weighted by atomic mass is 9.98. The predicted octanol–water partition coefficient (Wildman–Crippen LogP) is 3.47. The van der Waals surface area contributed by atoms with Gasteiger partial charge in [-0.3, -0.25) is 9.78 Å².